The van der Waals surface area contributed by atoms with Gasteiger partial charge in [-0.1, -0.05) is 6.92 Å². The maximum atomic E-state index is 11.4. The van der Waals surface area contributed by atoms with Crippen molar-refractivity contribution in [3.8, 4) is 0 Å². The van der Waals surface area contributed by atoms with Crippen molar-refractivity contribution in [2.75, 3.05) is 17.2 Å². The van der Waals surface area contributed by atoms with E-state index in [1.54, 1.807) is 13.8 Å². The van der Waals surface area contributed by atoms with Gasteiger partial charge in [-0.3, -0.25) is 4.79 Å². The predicted octanol–water partition coefficient (Wildman–Crippen LogP) is 1.59. The zero-order valence-corrected chi connectivity index (χ0v) is 12.3. The first-order chi connectivity index (χ1) is 8.77. The van der Waals surface area contributed by atoms with Crippen LogP contribution in [-0.2, 0) is 4.79 Å². The zero-order valence-electron chi connectivity index (χ0n) is 12.3. The Bertz CT molecular complexity index is 470. The molecule has 6 heteroatoms. The maximum Gasteiger partial charge on any atom is 0.242 e. The molecule has 0 spiro atoms. The summed E-state index contributed by atoms with van der Waals surface area (Å²) in [5.74, 6) is 1.64. The van der Waals surface area contributed by atoms with Crippen LogP contribution in [0.5, 0.6) is 0 Å². The molecule has 1 aromatic heterocycles. The summed E-state index contributed by atoms with van der Waals surface area (Å²) in [7, 11) is 0. The Morgan fingerprint density at radius 3 is 2.37 bits per heavy atom. The lowest BCUT2D eigenvalue weighted by Crippen LogP contribution is -2.45. The summed E-state index contributed by atoms with van der Waals surface area (Å²) in [6, 6.07) is 0. The van der Waals surface area contributed by atoms with E-state index in [-0.39, 0.29) is 0 Å². The molecule has 0 atom stereocenters. The van der Waals surface area contributed by atoms with Crippen molar-refractivity contribution < 1.29 is 4.79 Å². The van der Waals surface area contributed by atoms with Gasteiger partial charge in [-0.25, -0.2) is 9.97 Å². The average Bonchev–Trinajstić information content (AvgIpc) is 2.31. The number of amides is 1. The smallest absolute Gasteiger partial charge is 0.242 e. The van der Waals surface area contributed by atoms with Gasteiger partial charge in [-0.2, -0.15) is 0 Å². The number of carbonyl (C=O) groups is 1. The van der Waals surface area contributed by atoms with Gasteiger partial charge in [-0.05, 0) is 34.1 Å². The standard InChI is InChI=1S/C13H23N5O/c1-6-7-15-10-8(2)11(17-9(3)16-10)18-13(4,5)12(14)19/h6-7H2,1-5H3,(H2,14,19)(H2,15,16,17,18). The summed E-state index contributed by atoms with van der Waals surface area (Å²) < 4.78 is 0. The highest BCUT2D eigenvalue weighted by atomic mass is 16.1. The van der Waals surface area contributed by atoms with Crippen LogP contribution in [0.25, 0.3) is 0 Å². The van der Waals surface area contributed by atoms with Gasteiger partial charge in [0.2, 0.25) is 5.91 Å². The molecule has 0 unspecified atom stereocenters. The van der Waals surface area contributed by atoms with Crippen molar-refractivity contribution in [2.24, 2.45) is 5.73 Å². The summed E-state index contributed by atoms with van der Waals surface area (Å²) in [5.41, 5.74) is 5.39. The van der Waals surface area contributed by atoms with E-state index in [1.165, 1.54) is 0 Å². The highest BCUT2D eigenvalue weighted by molar-refractivity contribution is 5.87. The molecule has 0 aliphatic rings. The lowest BCUT2D eigenvalue weighted by molar-refractivity contribution is -0.121. The number of nitrogens with zero attached hydrogens (tertiary/aromatic N) is 2. The number of hydrogen-bond acceptors (Lipinski definition) is 5. The van der Waals surface area contributed by atoms with E-state index in [0.29, 0.717) is 11.6 Å². The van der Waals surface area contributed by atoms with Gasteiger partial charge in [0.15, 0.2) is 0 Å². The maximum absolute atomic E-state index is 11.4. The van der Waals surface area contributed by atoms with Gasteiger partial charge >= 0.3 is 0 Å². The van der Waals surface area contributed by atoms with Crippen LogP contribution < -0.4 is 16.4 Å². The van der Waals surface area contributed by atoms with Crippen molar-refractivity contribution in [1.29, 1.82) is 0 Å². The quantitative estimate of drug-likeness (QED) is 0.726. The highest BCUT2D eigenvalue weighted by Gasteiger charge is 2.26. The topological polar surface area (TPSA) is 92.9 Å². The number of nitrogens with two attached hydrogens (primary N) is 1. The van der Waals surface area contributed by atoms with Crippen LogP contribution in [0, 0.1) is 13.8 Å². The third kappa shape index (κ3) is 3.81. The molecule has 0 aliphatic heterocycles. The van der Waals surface area contributed by atoms with E-state index in [2.05, 4.69) is 27.5 Å². The molecule has 6 nitrogen and oxygen atoms in total. The summed E-state index contributed by atoms with van der Waals surface area (Å²) >= 11 is 0. The molecule has 19 heavy (non-hydrogen) atoms. The molecule has 1 amide bonds. The van der Waals surface area contributed by atoms with Gasteiger partial charge < -0.3 is 16.4 Å². The summed E-state index contributed by atoms with van der Waals surface area (Å²) in [5, 5.41) is 6.33. The van der Waals surface area contributed by atoms with Crippen LogP contribution in [0.2, 0.25) is 0 Å². The Kier molecular flexibility index (Phi) is 4.69. The minimum absolute atomic E-state index is 0.425. The normalized spacial score (nSPS) is 11.2. The third-order valence-electron chi connectivity index (χ3n) is 2.85. The van der Waals surface area contributed by atoms with Crippen LogP contribution in [0.4, 0.5) is 11.6 Å². The van der Waals surface area contributed by atoms with Crippen LogP contribution in [0.3, 0.4) is 0 Å². The van der Waals surface area contributed by atoms with Crippen molar-refractivity contribution in [2.45, 2.75) is 46.6 Å². The van der Waals surface area contributed by atoms with Crippen LogP contribution in [0.1, 0.15) is 38.6 Å². The Balaban J connectivity index is 3.07. The minimum atomic E-state index is -0.854. The summed E-state index contributed by atoms with van der Waals surface area (Å²) in [6.45, 7) is 10.1. The highest BCUT2D eigenvalue weighted by Crippen LogP contribution is 2.22. The van der Waals surface area contributed by atoms with Crippen molar-refractivity contribution in [3.63, 3.8) is 0 Å². The number of aromatic nitrogens is 2. The van der Waals surface area contributed by atoms with Crippen LogP contribution in [0.15, 0.2) is 0 Å². The molecule has 0 radical (unpaired) electrons. The average molecular weight is 265 g/mol. The first-order valence-corrected chi connectivity index (χ1v) is 6.45. The van der Waals surface area contributed by atoms with Gasteiger partial charge in [0, 0.05) is 12.1 Å². The summed E-state index contributed by atoms with van der Waals surface area (Å²) in [4.78, 5) is 20.1. The minimum Gasteiger partial charge on any atom is -0.370 e. The summed E-state index contributed by atoms with van der Waals surface area (Å²) in [6.07, 6.45) is 1.01. The van der Waals surface area contributed by atoms with E-state index >= 15 is 0 Å². The number of aryl methyl sites for hydroxylation is 1. The molecular weight excluding hydrogens is 242 g/mol. The molecule has 0 bridgehead atoms. The second kappa shape index (κ2) is 5.86. The van der Waals surface area contributed by atoms with Gasteiger partial charge in [0.1, 0.15) is 23.0 Å². The van der Waals surface area contributed by atoms with Crippen molar-refractivity contribution in [3.05, 3.63) is 11.4 Å². The third-order valence-corrected chi connectivity index (χ3v) is 2.85. The fourth-order valence-corrected chi connectivity index (χ4v) is 1.52. The van der Waals surface area contributed by atoms with E-state index in [4.69, 9.17) is 5.73 Å². The first kappa shape index (κ1) is 15.2. The van der Waals surface area contributed by atoms with Crippen LogP contribution >= 0.6 is 0 Å². The molecular formula is C13H23N5O. The number of nitrogens with one attached hydrogen (secondary N) is 2. The monoisotopic (exact) mass is 265 g/mol. The number of primary amides is 1. The fraction of sp³-hybridized carbons (Fsp3) is 0.615. The van der Waals surface area contributed by atoms with Gasteiger partial charge in [0.05, 0.1) is 0 Å². The lowest BCUT2D eigenvalue weighted by atomic mass is 10.0. The van der Waals surface area contributed by atoms with Crippen molar-refractivity contribution >= 4 is 17.5 Å². The number of hydrogen-bond donors (Lipinski definition) is 3. The molecule has 4 N–H and O–H groups in total. The largest absolute Gasteiger partial charge is 0.370 e. The Morgan fingerprint density at radius 2 is 1.84 bits per heavy atom. The molecule has 1 heterocycles. The van der Waals surface area contributed by atoms with Gasteiger partial charge in [-0.15, -0.1) is 0 Å². The van der Waals surface area contributed by atoms with E-state index in [9.17, 15) is 4.79 Å². The first-order valence-electron chi connectivity index (χ1n) is 6.45. The van der Waals surface area contributed by atoms with Gasteiger partial charge in [0.25, 0.3) is 0 Å². The fourth-order valence-electron chi connectivity index (χ4n) is 1.52. The lowest BCUT2D eigenvalue weighted by Gasteiger charge is -2.24. The van der Waals surface area contributed by atoms with E-state index < -0.39 is 11.4 Å². The molecule has 0 saturated carbocycles. The van der Waals surface area contributed by atoms with E-state index in [1.807, 2.05) is 13.8 Å². The zero-order chi connectivity index (χ0) is 14.6. The number of anilines is 2. The molecule has 0 saturated heterocycles. The second-order valence-corrected chi connectivity index (χ2v) is 5.13. The second-order valence-electron chi connectivity index (χ2n) is 5.13. The number of rotatable bonds is 6. The van der Waals surface area contributed by atoms with Crippen molar-refractivity contribution in [1.82, 2.24) is 9.97 Å². The molecule has 106 valence electrons. The Morgan fingerprint density at radius 1 is 1.26 bits per heavy atom. The SMILES string of the molecule is CCCNc1nc(C)nc(NC(C)(C)C(N)=O)c1C. The molecule has 0 aliphatic carbocycles. The molecule has 0 aromatic carbocycles. The van der Waals surface area contributed by atoms with Crippen LogP contribution in [-0.4, -0.2) is 28.0 Å². The Hall–Kier alpha value is -1.85. The van der Waals surface area contributed by atoms with E-state index in [0.717, 1.165) is 24.3 Å². The Labute approximate surface area is 114 Å². The molecule has 0 fully saturated rings. The number of carbonyl (C=O) groups excluding carboxylic acids is 1. The predicted molar refractivity (Wildman–Crippen MR) is 77.2 cm³/mol. The molecule has 1 aromatic rings. The molecule has 1 rings (SSSR count).